The van der Waals surface area contributed by atoms with Gasteiger partial charge in [0.2, 0.25) is 0 Å². The van der Waals surface area contributed by atoms with Crippen LogP contribution in [-0.2, 0) is 0 Å². The van der Waals surface area contributed by atoms with Gasteiger partial charge >= 0.3 is 0 Å². The molecule has 16 heavy (non-hydrogen) atoms. The Kier molecular flexibility index (Phi) is 5.21. The molecule has 86 valence electrons. The fourth-order valence-electron chi connectivity index (χ4n) is 0.964. The van der Waals surface area contributed by atoms with Crippen molar-refractivity contribution in [3.63, 3.8) is 0 Å². The molecule has 0 amide bonds. The standard InChI is InChI=1S/C10H14N4OS/c11-9(12)14-10(13)16-7-6-15-8-4-2-1-3-5-8/h1-5H,6-7H2,(H5,11,12,13,14). The quantitative estimate of drug-likeness (QED) is 0.414. The molecular weight excluding hydrogens is 224 g/mol. The third kappa shape index (κ3) is 5.26. The lowest BCUT2D eigenvalue weighted by atomic mass is 10.3. The minimum atomic E-state index is -0.0959. The number of ether oxygens (including phenoxy) is 1. The Bertz CT molecular complexity index is 362. The molecule has 0 heterocycles. The van der Waals surface area contributed by atoms with Crippen LogP contribution in [0.15, 0.2) is 35.3 Å². The Morgan fingerprint density at radius 2 is 2.00 bits per heavy atom. The van der Waals surface area contributed by atoms with Crippen LogP contribution in [-0.4, -0.2) is 23.5 Å². The predicted octanol–water partition coefficient (Wildman–Crippen LogP) is 1.01. The molecule has 0 aromatic heterocycles. The van der Waals surface area contributed by atoms with Crippen molar-refractivity contribution in [3.8, 4) is 5.75 Å². The molecule has 0 aliphatic heterocycles. The number of nitrogens with zero attached hydrogens (tertiary/aromatic N) is 1. The Labute approximate surface area is 98.4 Å². The van der Waals surface area contributed by atoms with Gasteiger partial charge in [0.05, 0.1) is 6.61 Å². The molecule has 1 aromatic rings. The van der Waals surface area contributed by atoms with Gasteiger partial charge in [0.25, 0.3) is 0 Å². The zero-order valence-corrected chi connectivity index (χ0v) is 9.54. The summed E-state index contributed by atoms with van der Waals surface area (Å²) >= 11 is 1.23. The minimum Gasteiger partial charge on any atom is -0.493 e. The SMILES string of the molecule is N=C(N=C(N)N)SCCOc1ccccc1. The number of benzene rings is 1. The number of hydrogen-bond donors (Lipinski definition) is 3. The summed E-state index contributed by atoms with van der Waals surface area (Å²) in [6.45, 7) is 0.511. The van der Waals surface area contributed by atoms with Gasteiger partial charge < -0.3 is 16.2 Å². The van der Waals surface area contributed by atoms with Crippen molar-refractivity contribution in [3.05, 3.63) is 30.3 Å². The first kappa shape index (κ1) is 12.4. The highest BCUT2D eigenvalue weighted by Gasteiger charge is 1.97. The second kappa shape index (κ2) is 6.73. The van der Waals surface area contributed by atoms with Crippen LogP contribution in [0.4, 0.5) is 0 Å². The van der Waals surface area contributed by atoms with Gasteiger partial charge in [0.15, 0.2) is 11.1 Å². The number of rotatable bonds is 4. The van der Waals surface area contributed by atoms with Crippen molar-refractivity contribution >= 4 is 22.9 Å². The van der Waals surface area contributed by atoms with Gasteiger partial charge in [0.1, 0.15) is 5.75 Å². The van der Waals surface area contributed by atoms with Crippen molar-refractivity contribution in [2.24, 2.45) is 16.5 Å². The van der Waals surface area contributed by atoms with Crippen molar-refractivity contribution < 1.29 is 4.74 Å². The van der Waals surface area contributed by atoms with Gasteiger partial charge in [-0.2, -0.15) is 4.99 Å². The lowest BCUT2D eigenvalue weighted by Gasteiger charge is -2.04. The van der Waals surface area contributed by atoms with Gasteiger partial charge in [-0.15, -0.1) is 0 Å². The van der Waals surface area contributed by atoms with Crippen LogP contribution in [0, 0.1) is 5.41 Å². The summed E-state index contributed by atoms with van der Waals surface area (Å²) in [6, 6.07) is 9.50. The molecule has 5 N–H and O–H groups in total. The van der Waals surface area contributed by atoms with E-state index in [9.17, 15) is 0 Å². The first-order valence-electron chi connectivity index (χ1n) is 4.67. The molecule has 1 aromatic carbocycles. The first-order valence-corrected chi connectivity index (χ1v) is 5.66. The Balaban J connectivity index is 2.18. The average molecular weight is 238 g/mol. The number of nitrogens with two attached hydrogens (primary N) is 2. The second-order valence-electron chi connectivity index (χ2n) is 2.85. The van der Waals surface area contributed by atoms with Crippen LogP contribution >= 0.6 is 11.8 Å². The highest BCUT2D eigenvalue weighted by Crippen LogP contribution is 2.09. The monoisotopic (exact) mass is 238 g/mol. The molecule has 0 aliphatic carbocycles. The third-order valence-electron chi connectivity index (χ3n) is 1.56. The second-order valence-corrected chi connectivity index (χ2v) is 3.94. The van der Waals surface area contributed by atoms with E-state index in [1.807, 2.05) is 30.3 Å². The first-order chi connectivity index (χ1) is 7.68. The number of nitrogens with one attached hydrogen (secondary N) is 1. The van der Waals surface area contributed by atoms with Crippen LogP contribution in [0.25, 0.3) is 0 Å². The van der Waals surface area contributed by atoms with Crippen LogP contribution in [0.3, 0.4) is 0 Å². The summed E-state index contributed by atoms with van der Waals surface area (Å²) in [7, 11) is 0. The summed E-state index contributed by atoms with van der Waals surface area (Å²) in [5.41, 5.74) is 10.3. The fourth-order valence-corrected chi connectivity index (χ4v) is 1.49. The van der Waals surface area contributed by atoms with Gasteiger partial charge in [0, 0.05) is 5.75 Å². The van der Waals surface area contributed by atoms with Crippen molar-refractivity contribution in [1.82, 2.24) is 0 Å². The van der Waals surface area contributed by atoms with Crippen LogP contribution in [0.1, 0.15) is 0 Å². The Morgan fingerprint density at radius 1 is 1.31 bits per heavy atom. The zero-order valence-electron chi connectivity index (χ0n) is 8.72. The fraction of sp³-hybridized carbons (Fsp3) is 0.200. The number of guanidine groups is 1. The molecule has 0 saturated carbocycles. The average Bonchev–Trinajstić information content (AvgIpc) is 2.25. The molecule has 0 radical (unpaired) electrons. The van der Waals surface area contributed by atoms with Gasteiger partial charge in [-0.3, -0.25) is 5.41 Å². The maximum Gasteiger partial charge on any atom is 0.193 e. The van der Waals surface area contributed by atoms with E-state index in [0.717, 1.165) is 5.75 Å². The highest BCUT2D eigenvalue weighted by atomic mass is 32.2. The lowest BCUT2D eigenvalue weighted by molar-refractivity contribution is 0.344. The minimum absolute atomic E-state index is 0.0941. The molecule has 0 spiro atoms. The van der Waals surface area contributed by atoms with Crippen molar-refractivity contribution in [2.75, 3.05) is 12.4 Å². The molecular formula is C10H14N4OS. The Morgan fingerprint density at radius 3 is 2.62 bits per heavy atom. The van der Waals surface area contributed by atoms with E-state index >= 15 is 0 Å². The summed E-state index contributed by atoms with van der Waals surface area (Å²) in [4.78, 5) is 3.58. The Hall–Kier alpha value is -1.69. The van der Waals surface area contributed by atoms with E-state index < -0.39 is 0 Å². The third-order valence-corrected chi connectivity index (χ3v) is 2.30. The van der Waals surface area contributed by atoms with Gasteiger partial charge in [-0.25, -0.2) is 0 Å². The number of hydrogen-bond acceptors (Lipinski definition) is 3. The molecule has 0 atom stereocenters. The number of aliphatic imine (C=N–C) groups is 1. The summed E-state index contributed by atoms with van der Waals surface area (Å²) in [6.07, 6.45) is 0. The zero-order chi connectivity index (χ0) is 11.8. The maximum atomic E-state index is 7.36. The number of thioether (sulfide) groups is 1. The molecule has 0 bridgehead atoms. The van der Waals surface area contributed by atoms with Gasteiger partial charge in [-0.1, -0.05) is 30.0 Å². The summed E-state index contributed by atoms with van der Waals surface area (Å²) < 4.78 is 5.43. The summed E-state index contributed by atoms with van der Waals surface area (Å²) in [5.74, 6) is 1.35. The topological polar surface area (TPSA) is 97.5 Å². The molecule has 1 rings (SSSR count). The smallest absolute Gasteiger partial charge is 0.193 e. The normalized spacial score (nSPS) is 9.50. The lowest BCUT2D eigenvalue weighted by Crippen LogP contribution is -2.23. The van der Waals surface area contributed by atoms with Crippen molar-refractivity contribution in [2.45, 2.75) is 0 Å². The molecule has 0 aliphatic rings. The molecule has 0 unspecified atom stereocenters. The predicted molar refractivity (Wildman–Crippen MR) is 67.9 cm³/mol. The van der Waals surface area contributed by atoms with E-state index in [1.165, 1.54) is 11.8 Å². The van der Waals surface area contributed by atoms with Crippen LogP contribution < -0.4 is 16.2 Å². The molecule has 0 fully saturated rings. The van der Waals surface area contributed by atoms with E-state index in [4.69, 9.17) is 21.6 Å². The molecule has 5 nitrogen and oxygen atoms in total. The highest BCUT2D eigenvalue weighted by molar-refractivity contribution is 8.13. The number of para-hydroxylation sites is 1. The summed E-state index contributed by atoms with van der Waals surface area (Å²) in [5, 5.41) is 7.46. The van der Waals surface area contributed by atoms with Crippen LogP contribution in [0.2, 0.25) is 0 Å². The van der Waals surface area contributed by atoms with Crippen LogP contribution in [0.5, 0.6) is 5.75 Å². The van der Waals surface area contributed by atoms with Crippen molar-refractivity contribution in [1.29, 1.82) is 5.41 Å². The van der Waals surface area contributed by atoms with E-state index in [2.05, 4.69) is 4.99 Å². The maximum absolute atomic E-state index is 7.36. The van der Waals surface area contributed by atoms with E-state index in [-0.39, 0.29) is 11.1 Å². The van der Waals surface area contributed by atoms with E-state index in [0.29, 0.717) is 12.4 Å². The largest absolute Gasteiger partial charge is 0.493 e. The number of amidine groups is 1. The molecule has 0 saturated heterocycles. The van der Waals surface area contributed by atoms with E-state index in [1.54, 1.807) is 0 Å². The van der Waals surface area contributed by atoms with Gasteiger partial charge in [-0.05, 0) is 12.1 Å². The molecule has 6 heteroatoms.